The molecule has 0 unspecified atom stereocenters. The van der Waals surface area contributed by atoms with Crippen LogP contribution in [0.1, 0.15) is 21.9 Å². The fraction of sp³-hybridized carbons (Fsp3) is 0.167. The summed E-state index contributed by atoms with van der Waals surface area (Å²) in [5.41, 5.74) is 0.746. The van der Waals surface area contributed by atoms with Crippen LogP contribution in [0.4, 0.5) is 0 Å². The van der Waals surface area contributed by atoms with Crippen molar-refractivity contribution in [1.29, 1.82) is 0 Å². The molecule has 2 aromatic rings. The maximum atomic E-state index is 11.6. The van der Waals surface area contributed by atoms with E-state index in [0.29, 0.717) is 5.76 Å². The van der Waals surface area contributed by atoms with Crippen molar-refractivity contribution in [1.82, 2.24) is 4.57 Å². The van der Waals surface area contributed by atoms with Gasteiger partial charge in [0.15, 0.2) is 0 Å². The van der Waals surface area contributed by atoms with Gasteiger partial charge >= 0.3 is 5.97 Å². The summed E-state index contributed by atoms with van der Waals surface area (Å²) < 4.78 is 6.53. The predicted octanol–water partition coefficient (Wildman–Crippen LogP) is 1.50. The van der Waals surface area contributed by atoms with Gasteiger partial charge in [0.05, 0.1) is 6.54 Å². The molecule has 5 nitrogen and oxygen atoms in total. The number of hydrogen-bond acceptors (Lipinski definition) is 3. The monoisotopic (exact) mass is 233 g/mol. The topological polar surface area (TPSA) is 72.4 Å². The Kier molecular flexibility index (Phi) is 2.82. The van der Waals surface area contributed by atoms with E-state index in [0.717, 1.165) is 5.56 Å². The molecule has 0 saturated carbocycles. The Hall–Kier alpha value is -2.30. The smallest absolute Gasteiger partial charge is 0.371 e. The van der Waals surface area contributed by atoms with Gasteiger partial charge in [-0.25, -0.2) is 4.79 Å². The van der Waals surface area contributed by atoms with Gasteiger partial charge in [0, 0.05) is 12.3 Å². The van der Waals surface area contributed by atoms with Gasteiger partial charge in [-0.2, -0.15) is 0 Å². The van der Waals surface area contributed by atoms with Crippen LogP contribution in [-0.2, 0) is 6.54 Å². The standard InChI is InChI=1S/C12H11NO4/c1-8-4-5-13(11(14)6-8)7-9-2-3-10(17-9)12(15)16/h2-6H,7H2,1H3,(H,15,16). The quantitative estimate of drug-likeness (QED) is 0.871. The molecule has 0 aliphatic carbocycles. The fourth-order valence-electron chi connectivity index (χ4n) is 1.48. The number of rotatable bonds is 3. The molecule has 0 aliphatic rings. The number of hydrogen-bond donors (Lipinski definition) is 1. The zero-order valence-electron chi connectivity index (χ0n) is 9.21. The zero-order chi connectivity index (χ0) is 12.4. The molecule has 2 aromatic heterocycles. The highest BCUT2D eigenvalue weighted by Gasteiger charge is 2.09. The van der Waals surface area contributed by atoms with Crippen LogP contribution in [0.25, 0.3) is 0 Å². The van der Waals surface area contributed by atoms with Gasteiger partial charge in [0.2, 0.25) is 5.76 Å². The normalized spacial score (nSPS) is 10.4. The van der Waals surface area contributed by atoms with E-state index < -0.39 is 5.97 Å². The molecule has 0 radical (unpaired) electrons. The molecule has 0 bridgehead atoms. The lowest BCUT2D eigenvalue weighted by Gasteiger charge is -2.02. The third kappa shape index (κ3) is 2.44. The number of nitrogens with zero attached hydrogens (tertiary/aromatic N) is 1. The second-order valence-electron chi connectivity index (χ2n) is 3.74. The van der Waals surface area contributed by atoms with Crippen LogP contribution < -0.4 is 5.56 Å². The van der Waals surface area contributed by atoms with E-state index in [9.17, 15) is 9.59 Å². The van der Waals surface area contributed by atoms with Crippen molar-refractivity contribution in [2.24, 2.45) is 0 Å². The summed E-state index contributed by atoms with van der Waals surface area (Å²) in [5.74, 6) is -0.805. The minimum Gasteiger partial charge on any atom is -0.475 e. The number of carboxylic acids is 1. The van der Waals surface area contributed by atoms with Crippen LogP contribution in [0.5, 0.6) is 0 Å². The van der Waals surface area contributed by atoms with Gasteiger partial charge in [-0.3, -0.25) is 4.79 Å². The van der Waals surface area contributed by atoms with Gasteiger partial charge in [-0.05, 0) is 30.7 Å². The van der Waals surface area contributed by atoms with Crippen LogP contribution in [0.2, 0.25) is 0 Å². The number of furan rings is 1. The Labute approximate surface area is 96.9 Å². The molecule has 0 spiro atoms. The zero-order valence-corrected chi connectivity index (χ0v) is 9.21. The van der Waals surface area contributed by atoms with Crippen molar-refractivity contribution in [2.75, 3.05) is 0 Å². The molecular formula is C12H11NO4. The Morgan fingerprint density at radius 2 is 2.18 bits per heavy atom. The molecule has 88 valence electrons. The van der Waals surface area contributed by atoms with E-state index in [1.807, 2.05) is 13.0 Å². The number of aromatic nitrogens is 1. The molecule has 1 N–H and O–H groups in total. The van der Waals surface area contributed by atoms with E-state index in [2.05, 4.69) is 0 Å². The molecule has 2 rings (SSSR count). The maximum absolute atomic E-state index is 11.6. The maximum Gasteiger partial charge on any atom is 0.371 e. The largest absolute Gasteiger partial charge is 0.475 e. The van der Waals surface area contributed by atoms with E-state index in [4.69, 9.17) is 9.52 Å². The number of aromatic carboxylic acids is 1. The first-order valence-corrected chi connectivity index (χ1v) is 5.05. The molecule has 0 amide bonds. The van der Waals surface area contributed by atoms with Crippen LogP contribution >= 0.6 is 0 Å². The lowest BCUT2D eigenvalue weighted by Crippen LogP contribution is -2.18. The Morgan fingerprint density at radius 1 is 1.41 bits per heavy atom. The van der Waals surface area contributed by atoms with E-state index in [1.54, 1.807) is 12.3 Å². The second kappa shape index (κ2) is 4.29. The number of aryl methyl sites for hydroxylation is 1. The van der Waals surface area contributed by atoms with Gasteiger partial charge in [-0.15, -0.1) is 0 Å². The van der Waals surface area contributed by atoms with Crippen LogP contribution in [-0.4, -0.2) is 15.6 Å². The predicted molar refractivity (Wildman–Crippen MR) is 60.2 cm³/mol. The molecule has 0 saturated heterocycles. The van der Waals surface area contributed by atoms with E-state index in [1.165, 1.54) is 16.7 Å². The summed E-state index contributed by atoms with van der Waals surface area (Å²) in [6.45, 7) is 2.06. The van der Waals surface area contributed by atoms with Crippen molar-refractivity contribution in [3.63, 3.8) is 0 Å². The van der Waals surface area contributed by atoms with E-state index >= 15 is 0 Å². The summed E-state index contributed by atoms with van der Waals surface area (Å²) >= 11 is 0. The highest BCUT2D eigenvalue weighted by atomic mass is 16.4. The SMILES string of the molecule is Cc1ccn(Cc2ccc(C(=O)O)o2)c(=O)c1. The molecule has 17 heavy (non-hydrogen) atoms. The minimum atomic E-state index is -1.12. The van der Waals surface area contributed by atoms with Gasteiger partial charge in [0.1, 0.15) is 5.76 Å². The summed E-state index contributed by atoms with van der Waals surface area (Å²) in [6.07, 6.45) is 1.65. The van der Waals surface area contributed by atoms with Crippen LogP contribution in [0.15, 0.2) is 39.7 Å². The van der Waals surface area contributed by atoms with Crippen LogP contribution in [0.3, 0.4) is 0 Å². The highest BCUT2D eigenvalue weighted by Crippen LogP contribution is 2.08. The first-order chi connectivity index (χ1) is 8.06. The van der Waals surface area contributed by atoms with Gasteiger partial charge in [-0.1, -0.05) is 0 Å². The molecule has 0 fully saturated rings. The Bertz CT molecular complexity index is 609. The van der Waals surface area contributed by atoms with E-state index in [-0.39, 0.29) is 17.9 Å². The third-order valence-corrected chi connectivity index (χ3v) is 2.35. The highest BCUT2D eigenvalue weighted by molar-refractivity contribution is 5.84. The number of carbonyl (C=O) groups is 1. The third-order valence-electron chi connectivity index (χ3n) is 2.35. The van der Waals surface area contributed by atoms with Gasteiger partial charge < -0.3 is 14.1 Å². The summed E-state index contributed by atoms with van der Waals surface area (Å²) in [4.78, 5) is 22.2. The molecular weight excluding hydrogens is 222 g/mol. The first kappa shape index (κ1) is 11.2. The second-order valence-corrected chi connectivity index (χ2v) is 3.74. The molecule has 5 heteroatoms. The summed E-state index contributed by atoms with van der Waals surface area (Å²) in [7, 11) is 0. The fourth-order valence-corrected chi connectivity index (χ4v) is 1.48. The van der Waals surface area contributed by atoms with Crippen molar-refractivity contribution < 1.29 is 14.3 Å². The lowest BCUT2D eigenvalue weighted by atomic mass is 10.3. The molecule has 0 atom stereocenters. The summed E-state index contributed by atoms with van der Waals surface area (Å²) in [5, 5.41) is 8.69. The van der Waals surface area contributed by atoms with Crippen molar-refractivity contribution >= 4 is 5.97 Å². The van der Waals surface area contributed by atoms with Crippen molar-refractivity contribution in [2.45, 2.75) is 13.5 Å². The molecule has 0 aliphatic heterocycles. The van der Waals surface area contributed by atoms with Gasteiger partial charge in [0.25, 0.3) is 5.56 Å². The minimum absolute atomic E-state index is 0.125. The summed E-state index contributed by atoms with van der Waals surface area (Å²) in [6, 6.07) is 6.25. The van der Waals surface area contributed by atoms with Crippen LogP contribution in [0, 0.1) is 6.92 Å². The lowest BCUT2D eigenvalue weighted by molar-refractivity contribution is 0.0660. The first-order valence-electron chi connectivity index (χ1n) is 5.05. The number of carboxylic acid groups (broad SMARTS) is 1. The Morgan fingerprint density at radius 3 is 2.76 bits per heavy atom. The molecule has 0 aromatic carbocycles. The van der Waals surface area contributed by atoms with Crippen molar-refractivity contribution in [3.05, 3.63) is 57.9 Å². The Balaban J connectivity index is 2.25. The average Bonchev–Trinajstić information content (AvgIpc) is 2.71. The molecule has 2 heterocycles. The average molecular weight is 233 g/mol. The van der Waals surface area contributed by atoms with Crippen molar-refractivity contribution in [3.8, 4) is 0 Å². The number of pyridine rings is 1.